The van der Waals surface area contributed by atoms with Gasteiger partial charge in [0.1, 0.15) is 0 Å². The Kier molecular flexibility index (Phi) is 3.95. The fourth-order valence-electron chi connectivity index (χ4n) is 4.83. The summed E-state index contributed by atoms with van der Waals surface area (Å²) < 4.78 is 0. The van der Waals surface area contributed by atoms with Crippen molar-refractivity contribution in [3.05, 3.63) is 0 Å². The number of hydrogen-bond donors (Lipinski definition) is 1. The molecule has 0 bridgehead atoms. The molecule has 2 unspecified atom stereocenters. The van der Waals surface area contributed by atoms with Crippen molar-refractivity contribution in [2.24, 2.45) is 5.41 Å². The lowest BCUT2D eigenvalue weighted by Crippen LogP contribution is -2.51. The second-order valence-electron chi connectivity index (χ2n) is 6.94. The van der Waals surface area contributed by atoms with E-state index in [0.717, 1.165) is 24.0 Å². The van der Waals surface area contributed by atoms with Crippen molar-refractivity contribution >= 4 is 0 Å². The molecule has 1 N–H and O–H groups in total. The molecule has 0 aromatic heterocycles. The molecule has 104 valence electrons. The lowest BCUT2D eigenvalue weighted by Gasteiger charge is -2.39. The summed E-state index contributed by atoms with van der Waals surface area (Å²) in [7, 11) is 0. The molecule has 1 spiro atoms. The van der Waals surface area contributed by atoms with Gasteiger partial charge in [-0.15, -0.1) is 0 Å². The van der Waals surface area contributed by atoms with Gasteiger partial charge in [-0.25, -0.2) is 0 Å². The molecular weight excluding hydrogens is 220 g/mol. The van der Waals surface area contributed by atoms with Crippen LogP contribution in [0.4, 0.5) is 0 Å². The average Bonchev–Trinajstić information content (AvgIpc) is 3.02. The Hall–Kier alpha value is -0.0800. The van der Waals surface area contributed by atoms with E-state index in [1.54, 1.807) is 0 Å². The van der Waals surface area contributed by atoms with Crippen LogP contribution in [0, 0.1) is 5.41 Å². The predicted molar refractivity (Wildman–Crippen MR) is 76.8 cm³/mol. The summed E-state index contributed by atoms with van der Waals surface area (Å²) in [5, 5.41) is 3.75. The number of rotatable bonds is 3. The predicted octanol–water partition coefficient (Wildman–Crippen LogP) is 3.17. The van der Waals surface area contributed by atoms with Crippen molar-refractivity contribution in [3.8, 4) is 0 Å². The number of hydrogen-bond acceptors (Lipinski definition) is 2. The van der Waals surface area contributed by atoms with Crippen LogP contribution in [0.1, 0.15) is 64.7 Å². The molecule has 3 rings (SSSR count). The van der Waals surface area contributed by atoms with Crippen LogP contribution >= 0.6 is 0 Å². The van der Waals surface area contributed by atoms with Crippen LogP contribution in [-0.4, -0.2) is 36.6 Å². The van der Waals surface area contributed by atoms with Gasteiger partial charge in [0, 0.05) is 18.6 Å². The van der Waals surface area contributed by atoms with E-state index >= 15 is 0 Å². The molecule has 1 heterocycles. The van der Waals surface area contributed by atoms with Crippen molar-refractivity contribution < 1.29 is 0 Å². The minimum atomic E-state index is 0.744. The molecule has 3 aliphatic rings. The molecule has 1 saturated heterocycles. The van der Waals surface area contributed by atoms with Crippen LogP contribution < -0.4 is 5.32 Å². The molecule has 0 aromatic carbocycles. The third-order valence-corrected chi connectivity index (χ3v) is 5.80. The van der Waals surface area contributed by atoms with E-state index in [1.807, 2.05) is 0 Å². The third-order valence-electron chi connectivity index (χ3n) is 5.80. The second-order valence-corrected chi connectivity index (χ2v) is 6.94. The van der Waals surface area contributed by atoms with E-state index in [0.29, 0.717) is 0 Å². The second kappa shape index (κ2) is 5.50. The SMILES string of the molecule is CCNC1CCCCC1N1CCC2(CCCC2)C1. The standard InChI is InChI=1S/C16H30N2/c1-2-17-14-7-3-4-8-15(14)18-12-11-16(13-18)9-5-6-10-16/h14-15,17H,2-13H2,1H3. The van der Waals surface area contributed by atoms with Crippen LogP contribution in [0.2, 0.25) is 0 Å². The first-order valence-corrected chi connectivity index (χ1v) is 8.30. The minimum Gasteiger partial charge on any atom is -0.313 e. The topological polar surface area (TPSA) is 15.3 Å². The Labute approximate surface area is 113 Å². The van der Waals surface area contributed by atoms with Crippen LogP contribution in [0.5, 0.6) is 0 Å². The number of likely N-dealkylation sites (tertiary alicyclic amines) is 1. The fourth-order valence-corrected chi connectivity index (χ4v) is 4.83. The van der Waals surface area contributed by atoms with Gasteiger partial charge in [0.15, 0.2) is 0 Å². The van der Waals surface area contributed by atoms with Gasteiger partial charge in [0.25, 0.3) is 0 Å². The summed E-state index contributed by atoms with van der Waals surface area (Å²) >= 11 is 0. The Bertz CT molecular complexity index is 268. The molecule has 2 atom stereocenters. The van der Waals surface area contributed by atoms with Gasteiger partial charge >= 0.3 is 0 Å². The van der Waals surface area contributed by atoms with Gasteiger partial charge < -0.3 is 5.32 Å². The Morgan fingerprint density at radius 3 is 2.61 bits per heavy atom. The Morgan fingerprint density at radius 2 is 1.83 bits per heavy atom. The van der Waals surface area contributed by atoms with E-state index in [2.05, 4.69) is 17.1 Å². The molecule has 2 heteroatoms. The maximum atomic E-state index is 3.75. The van der Waals surface area contributed by atoms with Gasteiger partial charge in [0.05, 0.1) is 0 Å². The van der Waals surface area contributed by atoms with Gasteiger partial charge in [-0.3, -0.25) is 4.90 Å². The van der Waals surface area contributed by atoms with Crippen LogP contribution in [0.15, 0.2) is 0 Å². The number of nitrogens with zero attached hydrogens (tertiary/aromatic N) is 1. The molecule has 0 aromatic rings. The monoisotopic (exact) mass is 250 g/mol. The molecule has 3 fully saturated rings. The normalized spacial score (nSPS) is 36.5. The van der Waals surface area contributed by atoms with Gasteiger partial charge in [-0.1, -0.05) is 32.6 Å². The highest BCUT2D eigenvalue weighted by atomic mass is 15.2. The number of nitrogens with one attached hydrogen (secondary N) is 1. The van der Waals surface area contributed by atoms with E-state index in [-0.39, 0.29) is 0 Å². The zero-order valence-electron chi connectivity index (χ0n) is 12.1. The lowest BCUT2D eigenvalue weighted by molar-refractivity contribution is 0.132. The van der Waals surface area contributed by atoms with Gasteiger partial charge in [0.2, 0.25) is 0 Å². The van der Waals surface area contributed by atoms with Gasteiger partial charge in [-0.2, -0.15) is 0 Å². The Morgan fingerprint density at radius 1 is 1.06 bits per heavy atom. The zero-order chi connectivity index (χ0) is 12.4. The van der Waals surface area contributed by atoms with Crippen molar-refractivity contribution in [2.45, 2.75) is 76.8 Å². The molecule has 1 aliphatic heterocycles. The zero-order valence-corrected chi connectivity index (χ0v) is 12.1. The first-order chi connectivity index (χ1) is 8.83. The summed E-state index contributed by atoms with van der Waals surface area (Å²) in [5.41, 5.74) is 0.744. The summed E-state index contributed by atoms with van der Waals surface area (Å²) in [6, 6.07) is 1.62. The molecule has 2 nitrogen and oxygen atoms in total. The molecular formula is C16H30N2. The maximum Gasteiger partial charge on any atom is 0.0249 e. The largest absolute Gasteiger partial charge is 0.313 e. The third kappa shape index (κ3) is 2.46. The smallest absolute Gasteiger partial charge is 0.0249 e. The highest BCUT2D eigenvalue weighted by Crippen LogP contribution is 2.46. The molecule has 18 heavy (non-hydrogen) atoms. The van der Waals surface area contributed by atoms with Crippen LogP contribution in [0.3, 0.4) is 0 Å². The molecule has 0 amide bonds. The van der Waals surface area contributed by atoms with Crippen molar-refractivity contribution in [1.29, 1.82) is 0 Å². The van der Waals surface area contributed by atoms with E-state index in [1.165, 1.54) is 70.9 Å². The summed E-state index contributed by atoms with van der Waals surface area (Å²) in [6.07, 6.45) is 13.2. The van der Waals surface area contributed by atoms with E-state index in [9.17, 15) is 0 Å². The quantitative estimate of drug-likeness (QED) is 0.827. The summed E-state index contributed by atoms with van der Waals surface area (Å²) in [6.45, 7) is 6.19. The molecule has 0 radical (unpaired) electrons. The highest BCUT2D eigenvalue weighted by Gasteiger charge is 2.43. The van der Waals surface area contributed by atoms with Gasteiger partial charge in [-0.05, 0) is 50.6 Å². The minimum absolute atomic E-state index is 0.744. The first kappa shape index (κ1) is 12.9. The Balaban J connectivity index is 1.63. The van der Waals surface area contributed by atoms with E-state index in [4.69, 9.17) is 0 Å². The lowest BCUT2D eigenvalue weighted by atomic mass is 9.85. The van der Waals surface area contributed by atoms with Crippen molar-refractivity contribution in [3.63, 3.8) is 0 Å². The maximum absolute atomic E-state index is 3.75. The van der Waals surface area contributed by atoms with Crippen LogP contribution in [-0.2, 0) is 0 Å². The fraction of sp³-hybridized carbons (Fsp3) is 1.00. The molecule has 2 saturated carbocycles. The average molecular weight is 250 g/mol. The molecule has 2 aliphatic carbocycles. The summed E-state index contributed by atoms with van der Waals surface area (Å²) in [4.78, 5) is 2.86. The van der Waals surface area contributed by atoms with Crippen molar-refractivity contribution in [2.75, 3.05) is 19.6 Å². The number of likely N-dealkylation sites (N-methyl/N-ethyl adjacent to an activating group) is 1. The summed E-state index contributed by atoms with van der Waals surface area (Å²) in [5.74, 6) is 0. The highest BCUT2D eigenvalue weighted by molar-refractivity contribution is 4.98. The first-order valence-electron chi connectivity index (χ1n) is 8.30. The van der Waals surface area contributed by atoms with Crippen molar-refractivity contribution in [1.82, 2.24) is 10.2 Å². The van der Waals surface area contributed by atoms with E-state index < -0.39 is 0 Å². The van der Waals surface area contributed by atoms with Crippen LogP contribution in [0.25, 0.3) is 0 Å².